The molecular weight excluding hydrogens is 714 g/mol. The summed E-state index contributed by atoms with van der Waals surface area (Å²) in [6.45, 7) is 14.9. The molecule has 1 amide bonds. The summed E-state index contributed by atoms with van der Waals surface area (Å²) in [6, 6.07) is 6.50. The van der Waals surface area contributed by atoms with Gasteiger partial charge in [0.25, 0.3) is 0 Å². The van der Waals surface area contributed by atoms with Gasteiger partial charge >= 0.3 is 18.2 Å². The normalized spacial score (nSPS) is 39.5. The van der Waals surface area contributed by atoms with Crippen LogP contribution in [0.2, 0.25) is 0 Å². The average molecular weight is 780 g/mol. The highest BCUT2D eigenvalue weighted by Crippen LogP contribution is 2.40. The first-order chi connectivity index (χ1) is 25.7. The van der Waals surface area contributed by atoms with E-state index in [1.54, 1.807) is 46.9 Å². The van der Waals surface area contributed by atoms with Gasteiger partial charge in [-0.15, -0.1) is 0 Å². The van der Waals surface area contributed by atoms with Crippen molar-refractivity contribution in [1.29, 1.82) is 0 Å². The first-order valence-corrected chi connectivity index (χ1v) is 19.5. The van der Waals surface area contributed by atoms with E-state index in [2.05, 4.69) is 5.32 Å². The molecule has 0 aromatic heterocycles. The number of alkyl carbamates (subject to hydrolysis) is 1. The number of carbonyl (C=O) groups is 3. The van der Waals surface area contributed by atoms with Gasteiger partial charge in [0.15, 0.2) is 18.0 Å². The van der Waals surface area contributed by atoms with Crippen molar-refractivity contribution in [1.82, 2.24) is 15.1 Å². The van der Waals surface area contributed by atoms with Gasteiger partial charge in [-0.25, -0.2) is 9.59 Å². The number of rotatable bonds is 8. The first-order valence-electron chi connectivity index (χ1n) is 19.5. The van der Waals surface area contributed by atoms with Crippen LogP contribution in [0.15, 0.2) is 24.3 Å². The maximum absolute atomic E-state index is 14.3. The van der Waals surface area contributed by atoms with Crippen molar-refractivity contribution in [2.45, 2.75) is 147 Å². The van der Waals surface area contributed by atoms with Crippen molar-refractivity contribution in [3.63, 3.8) is 0 Å². The molecule has 3 fully saturated rings. The summed E-state index contributed by atoms with van der Waals surface area (Å²) in [5.41, 5.74) is -2.15. The Hall–Kier alpha value is -3.21. The highest BCUT2D eigenvalue weighted by Gasteiger charge is 2.58. The number of fused-ring (bicyclic) bond motifs is 1. The van der Waals surface area contributed by atoms with Gasteiger partial charge in [0, 0.05) is 31.1 Å². The number of likely N-dealkylation sites (N-methyl/N-ethyl adjacent to an activating group) is 2. The Morgan fingerprint density at radius 2 is 1.73 bits per heavy atom. The molecule has 312 valence electrons. The average Bonchev–Trinajstić information content (AvgIpc) is 3.44. The summed E-state index contributed by atoms with van der Waals surface area (Å²) in [4.78, 5) is 44.5. The maximum Gasteiger partial charge on any atom is 0.509 e. The summed E-state index contributed by atoms with van der Waals surface area (Å²) >= 11 is 0. The number of methoxy groups -OCH3 is 1. The van der Waals surface area contributed by atoms with E-state index in [1.165, 1.54) is 0 Å². The second kappa shape index (κ2) is 18.4. The number of aliphatic hydroxyl groups excluding tert-OH is 1. The van der Waals surface area contributed by atoms with Crippen LogP contribution in [0.1, 0.15) is 80.2 Å². The molecule has 1 aromatic rings. The van der Waals surface area contributed by atoms with Crippen molar-refractivity contribution in [2.75, 3.05) is 34.8 Å². The smallest absolute Gasteiger partial charge is 0.497 e. The van der Waals surface area contributed by atoms with Crippen molar-refractivity contribution in [2.24, 2.45) is 17.8 Å². The van der Waals surface area contributed by atoms with E-state index < -0.39 is 78.1 Å². The number of esters is 1. The lowest BCUT2D eigenvalue weighted by Gasteiger charge is -2.47. The quantitative estimate of drug-likeness (QED) is 0.254. The van der Waals surface area contributed by atoms with Gasteiger partial charge in [0.05, 0.1) is 30.8 Å². The Morgan fingerprint density at radius 1 is 1.07 bits per heavy atom. The largest absolute Gasteiger partial charge is 0.509 e. The lowest BCUT2D eigenvalue weighted by Crippen LogP contribution is -2.59. The summed E-state index contributed by atoms with van der Waals surface area (Å²) in [7, 11) is 7.21. The van der Waals surface area contributed by atoms with Crippen LogP contribution in [0.5, 0.6) is 5.75 Å². The van der Waals surface area contributed by atoms with Crippen LogP contribution in [-0.2, 0) is 39.8 Å². The maximum atomic E-state index is 14.3. The van der Waals surface area contributed by atoms with E-state index in [1.807, 2.05) is 70.8 Å². The molecule has 0 spiro atoms. The lowest BCUT2D eigenvalue weighted by molar-refractivity contribution is -0.299. The minimum atomic E-state index is -1.60. The van der Waals surface area contributed by atoms with Crippen LogP contribution in [0.3, 0.4) is 0 Å². The van der Waals surface area contributed by atoms with Crippen molar-refractivity contribution in [3.8, 4) is 5.75 Å². The molecule has 15 nitrogen and oxygen atoms in total. The van der Waals surface area contributed by atoms with Gasteiger partial charge in [-0.1, -0.05) is 32.9 Å². The minimum Gasteiger partial charge on any atom is -0.497 e. The number of hydrogen-bond acceptors (Lipinski definition) is 14. The zero-order valence-electron chi connectivity index (χ0n) is 34.6. The SMILES string of the molecule is CC[C@H]1OC(=O)[C@H](C)[C@@H](OC(=O)NCc2ccc(OC)cc2)[C@H](C)[C@@H](O[C@@H]2O[C@H](C)C[C@H](N(C)C)[C@H]2O)[C@@](C)(O)C[C@@H](C)CN(C)[C@H](C)[C@H]2OC(=O)O[C@@]21C. The molecule has 1 aromatic carbocycles. The van der Waals surface area contributed by atoms with E-state index in [4.69, 9.17) is 33.2 Å². The van der Waals surface area contributed by atoms with Gasteiger partial charge in [-0.3, -0.25) is 9.69 Å². The predicted molar refractivity (Wildman–Crippen MR) is 202 cm³/mol. The number of benzene rings is 1. The molecular formula is C40H65N3O12. The van der Waals surface area contributed by atoms with E-state index in [9.17, 15) is 24.6 Å². The van der Waals surface area contributed by atoms with Gasteiger partial charge < -0.3 is 53.6 Å². The third-order valence-electron chi connectivity index (χ3n) is 11.7. The third-order valence-corrected chi connectivity index (χ3v) is 11.7. The molecule has 0 aliphatic carbocycles. The van der Waals surface area contributed by atoms with Crippen LogP contribution in [0, 0.1) is 17.8 Å². The van der Waals surface area contributed by atoms with E-state index in [0.717, 1.165) is 5.56 Å². The molecule has 0 radical (unpaired) electrons. The molecule has 4 rings (SSSR count). The second-order valence-electron chi connectivity index (χ2n) is 16.6. The highest BCUT2D eigenvalue weighted by atomic mass is 16.8. The van der Waals surface area contributed by atoms with Crippen LogP contribution in [0.4, 0.5) is 9.59 Å². The fraction of sp³-hybridized carbons (Fsp3) is 0.775. The Kier molecular flexibility index (Phi) is 14.9. The Bertz CT molecular complexity index is 1440. The summed E-state index contributed by atoms with van der Waals surface area (Å²) < 4.78 is 41.9. The number of nitrogens with zero attached hydrogens (tertiary/aromatic N) is 2. The molecule has 14 atom stereocenters. The van der Waals surface area contributed by atoms with Crippen molar-refractivity contribution >= 4 is 18.2 Å². The lowest BCUT2D eigenvalue weighted by atomic mass is 9.77. The second-order valence-corrected chi connectivity index (χ2v) is 16.6. The topological polar surface area (TPSA) is 175 Å². The van der Waals surface area contributed by atoms with Gasteiger partial charge in [-0.2, -0.15) is 0 Å². The van der Waals surface area contributed by atoms with Crippen LogP contribution in [0.25, 0.3) is 0 Å². The number of aliphatic hydroxyl groups is 2. The van der Waals surface area contributed by atoms with E-state index in [-0.39, 0.29) is 37.1 Å². The summed E-state index contributed by atoms with van der Waals surface area (Å²) in [5, 5.41) is 26.8. The number of ether oxygens (including phenoxy) is 7. The van der Waals surface area contributed by atoms with Crippen molar-refractivity contribution < 1.29 is 57.8 Å². The number of carbonyl (C=O) groups excluding carboxylic acids is 3. The Labute approximate surface area is 326 Å². The fourth-order valence-electron chi connectivity index (χ4n) is 8.63. The van der Waals surface area contributed by atoms with Gasteiger partial charge in [-0.05, 0) is 98.6 Å². The zero-order valence-corrected chi connectivity index (χ0v) is 34.6. The molecule has 55 heavy (non-hydrogen) atoms. The van der Waals surface area contributed by atoms with E-state index >= 15 is 0 Å². The van der Waals surface area contributed by atoms with E-state index in [0.29, 0.717) is 25.1 Å². The van der Waals surface area contributed by atoms with Crippen molar-refractivity contribution in [3.05, 3.63) is 29.8 Å². The summed E-state index contributed by atoms with van der Waals surface area (Å²) in [5.74, 6) is -2.16. The third kappa shape index (κ3) is 10.4. The Morgan fingerprint density at radius 3 is 2.33 bits per heavy atom. The molecule has 3 heterocycles. The van der Waals surface area contributed by atoms with Gasteiger partial charge in [0.2, 0.25) is 0 Å². The monoisotopic (exact) mass is 779 g/mol. The molecule has 3 aliphatic rings. The zero-order chi connectivity index (χ0) is 41.0. The molecule has 3 saturated heterocycles. The number of hydrogen-bond donors (Lipinski definition) is 3. The highest BCUT2D eigenvalue weighted by molar-refractivity contribution is 5.74. The molecule has 0 saturated carbocycles. The molecule has 0 unspecified atom stereocenters. The standard InChI is InChI=1S/C40H65N3O12/c1-13-30-40(8)34(54-38(47)55-40)26(6)43(11)21-22(2)19-39(7,48)33(53-36-31(44)29(42(9)10)18-23(3)50-36)24(4)32(25(5)35(45)51-30)52-37(46)41-20-27-14-16-28(49-12)17-15-27/h14-17,22-26,29-34,36,44,48H,13,18-21H2,1-12H3,(H,41,46)/t22-,23-,24+,25-,26-,29+,30-,31-,32+,33-,34-,36+,39+,40-/m1/s1. The number of nitrogens with one attached hydrogen (secondary N) is 1. The number of cyclic esters (lactones) is 1. The fourth-order valence-corrected chi connectivity index (χ4v) is 8.63. The molecule has 0 bridgehead atoms. The van der Waals surface area contributed by atoms with Crippen LogP contribution in [-0.4, -0.2) is 139 Å². The van der Waals surface area contributed by atoms with Crippen LogP contribution >= 0.6 is 0 Å². The molecule has 15 heteroatoms. The van der Waals surface area contributed by atoms with Crippen LogP contribution < -0.4 is 10.1 Å². The molecule has 3 N–H and O–H groups in total. The first kappa shape index (κ1) is 44.5. The predicted octanol–water partition coefficient (Wildman–Crippen LogP) is 4.10. The minimum absolute atomic E-state index is 0.124. The van der Waals surface area contributed by atoms with Gasteiger partial charge in [0.1, 0.15) is 24.1 Å². The Balaban J connectivity index is 1.76. The summed E-state index contributed by atoms with van der Waals surface area (Å²) in [6.07, 6.45) is -7.12. The molecule has 3 aliphatic heterocycles. The number of amides is 1.